The van der Waals surface area contributed by atoms with Gasteiger partial charge in [0.25, 0.3) is 5.91 Å². The Kier molecular flexibility index (Phi) is 6.18. The highest BCUT2D eigenvalue weighted by atomic mass is 79.9. The molecule has 3 aromatic rings. The van der Waals surface area contributed by atoms with Crippen molar-refractivity contribution < 1.29 is 13.6 Å². The molecule has 2 aromatic carbocycles. The summed E-state index contributed by atoms with van der Waals surface area (Å²) >= 11 is 4.73. The summed E-state index contributed by atoms with van der Waals surface area (Å²) in [4.78, 5) is 20.9. The SMILES string of the molecule is CN(C)CCCN(C(=O)c1c(F)cccc1F)c1nc2ccc(Br)cc2s1. The van der Waals surface area contributed by atoms with E-state index in [2.05, 4.69) is 20.9 Å². The van der Waals surface area contributed by atoms with Crippen LogP contribution >= 0.6 is 27.3 Å². The number of fused-ring (bicyclic) bond motifs is 1. The summed E-state index contributed by atoms with van der Waals surface area (Å²) in [5.74, 6) is -2.47. The third-order valence-corrected chi connectivity index (χ3v) is 5.51. The summed E-state index contributed by atoms with van der Waals surface area (Å²) in [6.45, 7) is 1.05. The van der Waals surface area contributed by atoms with Gasteiger partial charge in [-0.15, -0.1) is 0 Å². The van der Waals surface area contributed by atoms with Crippen LogP contribution in [-0.2, 0) is 0 Å². The van der Waals surface area contributed by atoms with E-state index in [1.807, 2.05) is 37.2 Å². The lowest BCUT2D eigenvalue weighted by Crippen LogP contribution is -2.34. The Morgan fingerprint density at radius 3 is 2.52 bits per heavy atom. The van der Waals surface area contributed by atoms with Crippen LogP contribution < -0.4 is 4.90 Å². The van der Waals surface area contributed by atoms with Gasteiger partial charge in [-0.2, -0.15) is 0 Å². The molecule has 0 aliphatic heterocycles. The van der Waals surface area contributed by atoms with Crippen molar-refractivity contribution in [2.24, 2.45) is 0 Å². The molecular weight excluding hydrogens is 436 g/mol. The first-order valence-electron chi connectivity index (χ1n) is 8.33. The van der Waals surface area contributed by atoms with Crippen LogP contribution in [0.1, 0.15) is 16.8 Å². The number of hydrogen-bond donors (Lipinski definition) is 0. The summed E-state index contributed by atoms with van der Waals surface area (Å²) in [6.07, 6.45) is 0.647. The van der Waals surface area contributed by atoms with Crippen molar-refractivity contribution in [2.75, 3.05) is 32.1 Å². The van der Waals surface area contributed by atoms with E-state index in [9.17, 15) is 13.6 Å². The van der Waals surface area contributed by atoms with Gasteiger partial charge >= 0.3 is 0 Å². The van der Waals surface area contributed by atoms with Crippen LogP contribution in [-0.4, -0.2) is 43.0 Å². The Hall–Kier alpha value is -1.90. The predicted molar refractivity (Wildman–Crippen MR) is 109 cm³/mol. The smallest absolute Gasteiger partial charge is 0.266 e. The van der Waals surface area contributed by atoms with Gasteiger partial charge in [0.05, 0.1) is 10.2 Å². The van der Waals surface area contributed by atoms with Crippen LogP contribution in [0.4, 0.5) is 13.9 Å². The molecule has 0 saturated heterocycles. The highest BCUT2D eigenvalue weighted by Crippen LogP contribution is 2.32. The van der Waals surface area contributed by atoms with E-state index in [0.717, 1.165) is 33.4 Å². The minimum absolute atomic E-state index is 0.311. The molecular formula is C19H18BrF2N3OS. The second kappa shape index (κ2) is 8.41. The maximum atomic E-state index is 14.2. The highest BCUT2D eigenvalue weighted by molar-refractivity contribution is 9.10. The monoisotopic (exact) mass is 453 g/mol. The van der Waals surface area contributed by atoms with Gasteiger partial charge in [0.2, 0.25) is 0 Å². The molecule has 3 rings (SSSR count). The van der Waals surface area contributed by atoms with E-state index in [1.165, 1.54) is 22.3 Å². The normalized spacial score (nSPS) is 11.3. The average Bonchev–Trinajstić information content (AvgIpc) is 3.00. The number of hydrogen-bond acceptors (Lipinski definition) is 4. The molecule has 0 N–H and O–H groups in total. The van der Waals surface area contributed by atoms with E-state index >= 15 is 0 Å². The number of amides is 1. The first-order valence-corrected chi connectivity index (χ1v) is 9.94. The summed E-state index contributed by atoms with van der Waals surface area (Å²) in [6, 6.07) is 9.02. The summed E-state index contributed by atoms with van der Waals surface area (Å²) in [7, 11) is 3.86. The Labute approximate surface area is 168 Å². The lowest BCUT2D eigenvalue weighted by atomic mass is 10.1. The number of thiazole rings is 1. The minimum Gasteiger partial charge on any atom is -0.309 e. The average molecular weight is 454 g/mol. The van der Waals surface area contributed by atoms with Gasteiger partial charge in [-0.05, 0) is 57.4 Å². The van der Waals surface area contributed by atoms with Crippen molar-refractivity contribution in [1.29, 1.82) is 0 Å². The number of carbonyl (C=O) groups is 1. The van der Waals surface area contributed by atoms with Crippen molar-refractivity contribution in [3.8, 4) is 0 Å². The second-order valence-corrected chi connectivity index (χ2v) is 8.24. The molecule has 0 radical (unpaired) electrons. The van der Waals surface area contributed by atoms with Crippen molar-refractivity contribution in [1.82, 2.24) is 9.88 Å². The molecule has 0 aliphatic rings. The van der Waals surface area contributed by atoms with E-state index in [4.69, 9.17) is 0 Å². The predicted octanol–water partition coefficient (Wildman–Crippen LogP) is 4.94. The van der Waals surface area contributed by atoms with Crippen molar-refractivity contribution in [2.45, 2.75) is 6.42 Å². The highest BCUT2D eigenvalue weighted by Gasteiger charge is 2.26. The lowest BCUT2D eigenvalue weighted by Gasteiger charge is -2.21. The molecule has 0 saturated carbocycles. The third-order valence-electron chi connectivity index (χ3n) is 3.98. The topological polar surface area (TPSA) is 36.4 Å². The molecule has 27 heavy (non-hydrogen) atoms. The zero-order valence-corrected chi connectivity index (χ0v) is 17.3. The fourth-order valence-electron chi connectivity index (χ4n) is 2.67. The summed E-state index contributed by atoms with van der Waals surface area (Å²) in [5.41, 5.74) is 0.181. The van der Waals surface area contributed by atoms with Gasteiger partial charge < -0.3 is 4.90 Å². The molecule has 4 nitrogen and oxygen atoms in total. The molecule has 8 heteroatoms. The number of anilines is 1. The molecule has 142 valence electrons. The van der Waals surface area contributed by atoms with Crippen LogP contribution in [0, 0.1) is 11.6 Å². The van der Waals surface area contributed by atoms with Crippen molar-refractivity contribution in [3.63, 3.8) is 0 Å². The fraction of sp³-hybridized carbons (Fsp3) is 0.263. The Morgan fingerprint density at radius 1 is 1.15 bits per heavy atom. The second-order valence-electron chi connectivity index (χ2n) is 6.32. The maximum absolute atomic E-state index is 14.2. The van der Waals surface area contributed by atoms with Crippen LogP contribution in [0.3, 0.4) is 0 Å². The molecule has 1 amide bonds. The molecule has 0 bridgehead atoms. The summed E-state index contributed by atoms with van der Waals surface area (Å²) in [5, 5.41) is 0.425. The number of benzene rings is 2. The molecule has 0 spiro atoms. The zero-order chi connectivity index (χ0) is 19.6. The Morgan fingerprint density at radius 2 is 1.85 bits per heavy atom. The number of aromatic nitrogens is 1. The molecule has 0 aliphatic carbocycles. The van der Waals surface area contributed by atoms with Crippen LogP contribution in [0.5, 0.6) is 0 Å². The van der Waals surface area contributed by atoms with Crippen LogP contribution in [0.15, 0.2) is 40.9 Å². The standard InChI is InChI=1S/C19H18BrF2N3OS/c1-24(2)9-4-10-25(18(26)17-13(21)5-3-6-14(17)22)19-23-15-8-7-12(20)11-16(15)27-19/h3,5-8,11H,4,9-10H2,1-2H3. The van der Waals surface area contributed by atoms with Crippen molar-refractivity contribution >= 4 is 48.5 Å². The quantitative estimate of drug-likeness (QED) is 0.530. The minimum atomic E-state index is -0.874. The molecule has 0 fully saturated rings. The number of halogens is 3. The van der Waals surface area contributed by atoms with Gasteiger partial charge in [0, 0.05) is 11.0 Å². The maximum Gasteiger partial charge on any atom is 0.266 e. The van der Waals surface area contributed by atoms with Crippen LogP contribution in [0.2, 0.25) is 0 Å². The molecule has 0 atom stereocenters. The van der Waals surface area contributed by atoms with Crippen LogP contribution in [0.25, 0.3) is 10.2 Å². The van der Waals surface area contributed by atoms with E-state index in [-0.39, 0.29) is 0 Å². The zero-order valence-electron chi connectivity index (χ0n) is 14.9. The molecule has 1 heterocycles. The Balaban J connectivity index is 2.00. The largest absolute Gasteiger partial charge is 0.309 e. The number of rotatable bonds is 6. The van der Waals surface area contributed by atoms with E-state index in [0.29, 0.717) is 18.1 Å². The Bertz CT molecular complexity index is 956. The summed E-state index contributed by atoms with van der Waals surface area (Å²) < 4.78 is 30.1. The van der Waals surface area contributed by atoms with Gasteiger partial charge in [-0.3, -0.25) is 9.69 Å². The lowest BCUT2D eigenvalue weighted by molar-refractivity contribution is 0.0978. The van der Waals surface area contributed by atoms with Gasteiger partial charge in [0.15, 0.2) is 5.13 Å². The molecule has 1 aromatic heterocycles. The fourth-order valence-corrected chi connectivity index (χ4v) is 4.21. The first kappa shape index (κ1) is 19.9. The molecule has 0 unspecified atom stereocenters. The van der Waals surface area contributed by atoms with E-state index in [1.54, 1.807) is 0 Å². The third kappa shape index (κ3) is 4.51. The van der Waals surface area contributed by atoms with Gasteiger partial charge in [-0.25, -0.2) is 13.8 Å². The van der Waals surface area contributed by atoms with Gasteiger partial charge in [0.1, 0.15) is 17.2 Å². The van der Waals surface area contributed by atoms with E-state index < -0.39 is 23.1 Å². The van der Waals surface area contributed by atoms with Crippen molar-refractivity contribution in [3.05, 3.63) is 58.1 Å². The number of carbonyl (C=O) groups excluding carboxylic acids is 1. The number of nitrogens with zero attached hydrogens (tertiary/aromatic N) is 3. The van der Waals surface area contributed by atoms with Gasteiger partial charge in [-0.1, -0.05) is 33.3 Å². The first-order chi connectivity index (χ1) is 12.9.